The summed E-state index contributed by atoms with van der Waals surface area (Å²) in [4.78, 5) is 25.2. The lowest BCUT2D eigenvalue weighted by molar-refractivity contribution is -0.157. The molecule has 1 rings (SSSR count). The predicted molar refractivity (Wildman–Crippen MR) is 69.2 cm³/mol. The molecule has 1 unspecified atom stereocenters. The average molecular weight is 259 g/mol. The fourth-order valence-corrected chi connectivity index (χ4v) is 3.40. The van der Waals surface area contributed by atoms with Gasteiger partial charge in [0.15, 0.2) is 0 Å². The Morgan fingerprint density at radius 3 is 2.41 bits per heavy atom. The first-order valence-corrected chi connectivity index (χ1v) is 6.93. The summed E-state index contributed by atoms with van der Waals surface area (Å²) in [7, 11) is 0. The Labute approximate surface area is 107 Å². The van der Waals surface area contributed by atoms with Gasteiger partial charge in [0.1, 0.15) is 5.54 Å². The molecule has 0 radical (unpaired) electrons. The molecule has 1 fully saturated rings. The van der Waals surface area contributed by atoms with Crippen LogP contribution in [0.4, 0.5) is 0 Å². The molecular formula is C12H21NO3S. The summed E-state index contributed by atoms with van der Waals surface area (Å²) in [5, 5.41) is 9.22. The van der Waals surface area contributed by atoms with Gasteiger partial charge in [-0.1, -0.05) is 0 Å². The quantitative estimate of drug-likeness (QED) is 0.838. The zero-order valence-corrected chi connectivity index (χ0v) is 11.8. The highest BCUT2D eigenvalue weighted by Gasteiger charge is 2.46. The third kappa shape index (κ3) is 2.59. The standard InChI is InChI=1S/C12H21NO3S/c1-5-13(11(2,3)10(15)16)9(14)12(4)7-6-8-17-12/h5-8H2,1-4H3,(H,15,16). The van der Waals surface area contributed by atoms with E-state index in [1.807, 2.05) is 13.8 Å². The summed E-state index contributed by atoms with van der Waals surface area (Å²) in [5.74, 6) is -0.0259. The van der Waals surface area contributed by atoms with Crippen molar-refractivity contribution in [3.63, 3.8) is 0 Å². The Morgan fingerprint density at radius 2 is 2.06 bits per heavy atom. The molecule has 1 amide bonds. The Morgan fingerprint density at radius 1 is 1.47 bits per heavy atom. The molecule has 0 aromatic rings. The van der Waals surface area contributed by atoms with Crippen LogP contribution in [-0.2, 0) is 9.59 Å². The van der Waals surface area contributed by atoms with E-state index in [4.69, 9.17) is 0 Å². The Hall–Kier alpha value is -0.710. The summed E-state index contributed by atoms with van der Waals surface area (Å²) < 4.78 is -0.442. The van der Waals surface area contributed by atoms with E-state index < -0.39 is 16.3 Å². The number of hydrogen-bond acceptors (Lipinski definition) is 3. The van der Waals surface area contributed by atoms with E-state index >= 15 is 0 Å². The van der Waals surface area contributed by atoms with Crippen LogP contribution in [0.2, 0.25) is 0 Å². The van der Waals surface area contributed by atoms with E-state index in [0.717, 1.165) is 18.6 Å². The minimum absolute atomic E-state index is 0.0464. The molecule has 0 bridgehead atoms. The highest BCUT2D eigenvalue weighted by Crippen LogP contribution is 2.40. The second-order valence-corrected chi connectivity index (χ2v) is 6.69. The van der Waals surface area contributed by atoms with Crippen molar-refractivity contribution in [2.24, 2.45) is 0 Å². The van der Waals surface area contributed by atoms with Crippen molar-refractivity contribution < 1.29 is 14.7 Å². The van der Waals surface area contributed by atoms with E-state index in [1.54, 1.807) is 25.6 Å². The summed E-state index contributed by atoms with van der Waals surface area (Å²) in [6, 6.07) is 0. The minimum atomic E-state index is -1.14. The van der Waals surface area contributed by atoms with Gasteiger partial charge >= 0.3 is 5.97 Å². The van der Waals surface area contributed by atoms with Gasteiger partial charge in [-0.25, -0.2) is 4.79 Å². The van der Waals surface area contributed by atoms with Gasteiger partial charge in [0, 0.05) is 6.54 Å². The number of aliphatic carboxylic acids is 1. The monoisotopic (exact) mass is 259 g/mol. The number of amides is 1. The van der Waals surface area contributed by atoms with Crippen LogP contribution in [0.3, 0.4) is 0 Å². The summed E-state index contributed by atoms with van der Waals surface area (Å²) in [6.45, 7) is 7.34. The molecule has 0 aliphatic carbocycles. The predicted octanol–water partition coefficient (Wildman–Crippen LogP) is 1.98. The van der Waals surface area contributed by atoms with E-state index in [9.17, 15) is 14.7 Å². The van der Waals surface area contributed by atoms with Crippen molar-refractivity contribution in [3.8, 4) is 0 Å². The second-order valence-electron chi connectivity index (χ2n) is 5.10. The van der Waals surface area contributed by atoms with Crippen molar-refractivity contribution in [2.75, 3.05) is 12.3 Å². The smallest absolute Gasteiger partial charge is 0.329 e. The molecule has 1 aliphatic heterocycles. The fraction of sp³-hybridized carbons (Fsp3) is 0.833. The number of carboxylic acid groups (broad SMARTS) is 1. The lowest BCUT2D eigenvalue weighted by Crippen LogP contribution is -2.57. The van der Waals surface area contributed by atoms with E-state index in [-0.39, 0.29) is 5.91 Å². The van der Waals surface area contributed by atoms with Gasteiger partial charge in [-0.3, -0.25) is 4.79 Å². The van der Waals surface area contributed by atoms with Gasteiger partial charge in [-0.05, 0) is 46.3 Å². The molecule has 5 heteroatoms. The Bertz CT molecular complexity index is 322. The third-order valence-electron chi connectivity index (χ3n) is 3.43. The zero-order chi connectivity index (χ0) is 13.3. The molecule has 98 valence electrons. The highest BCUT2D eigenvalue weighted by atomic mass is 32.2. The van der Waals surface area contributed by atoms with Crippen LogP contribution in [0.1, 0.15) is 40.5 Å². The number of carboxylic acids is 1. The number of rotatable bonds is 4. The van der Waals surface area contributed by atoms with E-state index in [2.05, 4.69) is 0 Å². The molecular weight excluding hydrogens is 238 g/mol. The SMILES string of the molecule is CCN(C(=O)C1(C)CCCS1)C(C)(C)C(=O)O. The van der Waals surface area contributed by atoms with E-state index in [1.165, 1.54) is 4.90 Å². The van der Waals surface area contributed by atoms with Gasteiger partial charge < -0.3 is 10.0 Å². The lowest BCUT2D eigenvalue weighted by Gasteiger charge is -2.39. The largest absolute Gasteiger partial charge is 0.480 e. The molecule has 0 saturated carbocycles. The Kier molecular flexibility index (Phi) is 4.12. The maximum Gasteiger partial charge on any atom is 0.329 e. The molecule has 1 heterocycles. The van der Waals surface area contributed by atoms with Crippen molar-refractivity contribution in [3.05, 3.63) is 0 Å². The maximum atomic E-state index is 12.5. The van der Waals surface area contributed by atoms with Crippen LogP contribution in [0.25, 0.3) is 0 Å². The Balaban J connectivity index is 2.95. The van der Waals surface area contributed by atoms with Crippen molar-refractivity contribution in [1.29, 1.82) is 0 Å². The number of thioether (sulfide) groups is 1. The van der Waals surface area contributed by atoms with Crippen LogP contribution >= 0.6 is 11.8 Å². The van der Waals surface area contributed by atoms with Crippen LogP contribution < -0.4 is 0 Å². The van der Waals surface area contributed by atoms with Crippen molar-refractivity contribution in [1.82, 2.24) is 4.90 Å². The molecule has 0 aromatic carbocycles. The summed E-state index contributed by atoms with van der Waals surface area (Å²) in [6.07, 6.45) is 1.86. The van der Waals surface area contributed by atoms with Crippen LogP contribution in [0, 0.1) is 0 Å². The molecule has 4 nitrogen and oxygen atoms in total. The van der Waals surface area contributed by atoms with Gasteiger partial charge in [0.05, 0.1) is 4.75 Å². The summed E-state index contributed by atoms with van der Waals surface area (Å²) in [5.41, 5.74) is -1.14. The molecule has 1 saturated heterocycles. The van der Waals surface area contributed by atoms with Gasteiger partial charge in [0.2, 0.25) is 5.91 Å². The first-order valence-electron chi connectivity index (χ1n) is 5.95. The van der Waals surface area contributed by atoms with Gasteiger partial charge in [-0.2, -0.15) is 0 Å². The number of nitrogens with zero attached hydrogens (tertiary/aromatic N) is 1. The first-order chi connectivity index (χ1) is 7.75. The number of carbonyl (C=O) groups excluding carboxylic acids is 1. The number of likely N-dealkylation sites (N-methyl/N-ethyl adjacent to an activating group) is 1. The molecule has 17 heavy (non-hydrogen) atoms. The van der Waals surface area contributed by atoms with Crippen LogP contribution in [0.5, 0.6) is 0 Å². The normalized spacial score (nSPS) is 24.7. The lowest BCUT2D eigenvalue weighted by atomic mass is 9.97. The van der Waals surface area contributed by atoms with E-state index in [0.29, 0.717) is 6.54 Å². The topological polar surface area (TPSA) is 57.6 Å². The highest BCUT2D eigenvalue weighted by molar-refractivity contribution is 8.01. The molecule has 0 spiro atoms. The molecule has 0 aromatic heterocycles. The number of carbonyl (C=O) groups is 2. The third-order valence-corrected chi connectivity index (χ3v) is 4.94. The molecule has 1 atom stereocenters. The summed E-state index contributed by atoms with van der Waals surface area (Å²) >= 11 is 1.64. The first kappa shape index (κ1) is 14.4. The maximum absolute atomic E-state index is 12.5. The van der Waals surface area contributed by atoms with Crippen LogP contribution in [-0.4, -0.2) is 44.5 Å². The zero-order valence-electron chi connectivity index (χ0n) is 10.9. The van der Waals surface area contributed by atoms with Crippen molar-refractivity contribution >= 4 is 23.6 Å². The van der Waals surface area contributed by atoms with Crippen LogP contribution in [0.15, 0.2) is 0 Å². The second kappa shape index (κ2) is 4.88. The fourth-order valence-electron chi connectivity index (χ4n) is 2.14. The average Bonchev–Trinajstić information content (AvgIpc) is 2.66. The molecule has 1 N–H and O–H groups in total. The van der Waals surface area contributed by atoms with Crippen molar-refractivity contribution in [2.45, 2.75) is 50.8 Å². The molecule has 1 aliphatic rings. The minimum Gasteiger partial charge on any atom is -0.480 e. The number of hydrogen-bond donors (Lipinski definition) is 1. The van der Waals surface area contributed by atoms with Gasteiger partial charge in [0.25, 0.3) is 0 Å². The van der Waals surface area contributed by atoms with Gasteiger partial charge in [-0.15, -0.1) is 11.8 Å².